The molecule has 0 aliphatic rings. The Labute approximate surface area is 81.0 Å². The predicted octanol–water partition coefficient (Wildman–Crippen LogP) is 3.07. The molecule has 0 aromatic rings. The first-order chi connectivity index (χ1) is 6.16. The molecule has 0 saturated heterocycles. The second-order valence-electron chi connectivity index (χ2n) is 3.24. The van der Waals surface area contributed by atoms with Crippen LogP contribution in [0.3, 0.4) is 0 Å². The second-order valence-corrected chi connectivity index (χ2v) is 3.24. The van der Waals surface area contributed by atoms with Crippen LogP contribution in [0.1, 0.15) is 46.5 Å². The van der Waals surface area contributed by atoms with Crippen molar-refractivity contribution in [1.29, 1.82) is 0 Å². The molecule has 0 aromatic heterocycles. The number of rotatable bonds is 6. The summed E-state index contributed by atoms with van der Waals surface area (Å²) in [4.78, 5) is 10.5. The molecule has 0 fully saturated rings. The van der Waals surface area contributed by atoms with Crippen molar-refractivity contribution in [2.24, 2.45) is 0 Å². The molecule has 0 heterocycles. The first-order valence-electron chi connectivity index (χ1n) is 5.00. The standard InChI is InChI=1S/C11H20O2/c1-4-5-6-7-8-9-10(2)13-11(3)12/h8-10H,4-7H2,1-3H3/b9-8+/t10-/m1/s1. The lowest BCUT2D eigenvalue weighted by molar-refractivity contribution is -0.143. The van der Waals surface area contributed by atoms with Gasteiger partial charge in [0, 0.05) is 6.92 Å². The molecule has 2 nitrogen and oxygen atoms in total. The fourth-order valence-corrected chi connectivity index (χ4v) is 1.10. The van der Waals surface area contributed by atoms with Crippen molar-refractivity contribution < 1.29 is 9.53 Å². The predicted molar refractivity (Wildman–Crippen MR) is 54.5 cm³/mol. The Morgan fingerprint density at radius 3 is 2.69 bits per heavy atom. The second kappa shape index (κ2) is 7.84. The number of carbonyl (C=O) groups excluding carboxylic acids is 1. The van der Waals surface area contributed by atoms with Crippen LogP contribution < -0.4 is 0 Å². The van der Waals surface area contributed by atoms with Gasteiger partial charge in [-0.3, -0.25) is 4.79 Å². The lowest BCUT2D eigenvalue weighted by Crippen LogP contribution is -2.08. The van der Waals surface area contributed by atoms with Crippen LogP contribution in [0.5, 0.6) is 0 Å². The maximum atomic E-state index is 10.5. The zero-order valence-electron chi connectivity index (χ0n) is 8.88. The lowest BCUT2D eigenvalue weighted by atomic mass is 10.2. The zero-order valence-corrected chi connectivity index (χ0v) is 8.88. The number of hydrogen-bond donors (Lipinski definition) is 0. The number of esters is 1. The molecule has 2 heteroatoms. The summed E-state index contributed by atoms with van der Waals surface area (Å²) in [6, 6.07) is 0. The van der Waals surface area contributed by atoms with Crippen molar-refractivity contribution in [3.63, 3.8) is 0 Å². The Kier molecular flexibility index (Phi) is 7.36. The summed E-state index contributed by atoms with van der Waals surface area (Å²) in [6.45, 7) is 5.49. The molecular formula is C11H20O2. The molecule has 0 spiro atoms. The van der Waals surface area contributed by atoms with Gasteiger partial charge in [0.1, 0.15) is 6.10 Å². The zero-order chi connectivity index (χ0) is 10.1. The highest BCUT2D eigenvalue weighted by Crippen LogP contribution is 2.01. The molecule has 13 heavy (non-hydrogen) atoms. The maximum Gasteiger partial charge on any atom is 0.303 e. The topological polar surface area (TPSA) is 26.3 Å². The van der Waals surface area contributed by atoms with Crippen LogP contribution in [-0.4, -0.2) is 12.1 Å². The third-order valence-corrected chi connectivity index (χ3v) is 1.73. The van der Waals surface area contributed by atoms with Gasteiger partial charge in [-0.05, 0) is 25.8 Å². The van der Waals surface area contributed by atoms with E-state index in [1.807, 2.05) is 13.0 Å². The van der Waals surface area contributed by atoms with Gasteiger partial charge in [-0.25, -0.2) is 0 Å². The van der Waals surface area contributed by atoms with Gasteiger partial charge in [-0.2, -0.15) is 0 Å². The van der Waals surface area contributed by atoms with Crippen molar-refractivity contribution >= 4 is 5.97 Å². The maximum absolute atomic E-state index is 10.5. The highest BCUT2D eigenvalue weighted by Gasteiger charge is 1.98. The first-order valence-corrected chi connectivity index (χ1v) is 5.00. The van der Waals surface area contributed by atoms with E-state index in [0.29, 0.717) is 0 Å². The van der Waals surface area contributed by atoms with E-state index in [-0.39, 0.29) is 12.1 Å². The molecule has 0 saturated carbocycles. The van der Waals surface area contributed by atoms with E-state index in [9.17, 15) is 4.79 Å². The van der Waals surface area contributed by atoms with E-state index < -0.39 is 0 Å². The van der Waals surface area contributed by atoms with E-state index in [1.54, 1.807) is 0 Å². The minimum atomic E-state index is -0.217. The molecule has 0 N–H and O–H groups in total. The van der Waals surface area contributed by atoms with Gasteiger partial charge in [0.25, 0.3) is 0 Å². The van der Waals surface area contributed by atoms with Gasteiger partial charge < -0.3 is 4.74 Å². The molecule has 0 unspecified atom stereocenters. The molecule has 0 aromatic carbocycles. The van der Waals surface area contributed by atoms with E-state index in [0.717, 1.165) is 6.42 Å². The van der Waals surface area contributed by atoms with E-state index in [4.69, 9.17) is 4.74 Å². The molecule has 0 bridgehead atoms. The minimum absolute atomic E-state index is 0.0841. The van der Waals surface area contributed by atoms with Gasteiger partial charge in [0.15, 0.2) is 0 Å². The van der Waals surface area contributed by atoms with Crippen molar-refractivity contribution in [3.05, 3.63) is 12.2 Å². The van der Waals surface area contributed by atoms with Crippen molar-refractivity contribution in [3.8, 4) is 0 Å². The largest absolute Gasteiger partial charge is 0.459 e. The Bertz CT molecular complexity index is 161. The Morgan fingerprint density at radius 1 is 1.46 bits per heavy atom. The number of allylic oxidation sites excluding steroid dienone is 1. The van der Waals surface area contributed by atoms with Crippen LogP contribution in [0.4, 0.5) is 0 Å². The van der Waals surface area contributed by atoms with Gasteiger partial charge in [-0.1, -0.05) is 25.8 Å². The van der Waals surface area contributed by atoms with Crippen molar-refractivity contribution in [2.45, 2.75) is 52.6 Å². The molecule has 76 valence electrons. The van der Waals surface area contributed by atoms with Crippen LogP contribution in [0.15, 0.2) is 12.2 Å². The number of hydrogen-bond acceptors (Lipinski definition) is 2. The van der Waals surface area contributed by atoms with E-state index in [2.05, 4.69) is 13.0 Å². The van der Waals surface area contributed by atoms with Gasteiger partial charge in [0.05, 0.1) is 0 Å². The molecule has 1 atom stereocenters. The normalized spacial score (nSPS) is 13.2. The van der Waals surface area contributed by atoms with Gasteiger partial charge in [0.2, 0.25) is 0 Å². The smallest absolute Gasteiger partial charge is 0.303 e. The Hall–Kier alpha value is -0.790. The fraction of sp³-hybridized carbons (Fsp3) is 0.727. The summed E-state index contributed by atoms with van der Waals surface area (Å²) in [6.07, 6.45) is 8.76. The molecule has 0 amide bonds. The van der Waals surface area contributed by atoms with Crippen LogP contribution in [-0.2, 0) is 9.53 Å². The molecular weight excluding hydrogens is 164 g/mol. The summed E-state index contributed by atoms with van der Waals surface area (Å²) in [5.74, 6) is -0.217. The lowest BCUT2D eigenvalue weighted by Gasteiger charge is -2.05. The average molecular weight is 184 g/mol. The molecule has 0 aliphatic heterocycles. The summed E-state index contributed by atoms with van der Waals surface area (Å²) < 4.78 is 4.93. The van der Waals surface area contributed by atoms with Gasteiger partial charge >= 0.3 is 5.97 Å². The summed E-state index contributed by atoms with van der Waals surface area (Å²) in [5, 5.41) is 0. The SMILES string of the molecule is CCCCC/C=C/[C@@H](C)OC(C)=O. The van der Waals surface area contributed by atoms with Crippen molar-refractivity contribution in [1.82, 2.24) is 0 Å². The third-order valence-electron chi connectivity index (χ3n) is 1.73. The van der Waals surface area contributed by atoms with Crippen LogP contribution in [0.25, 0.3) is 0 Å². The molecule has 0 rings (SSSR count). The average Bonchev–Trinajstić information content (AvgIpc) is 2.02. The number of carbonyl (C=O) groups is 1. The highest BCUT2D eigenvalue weighted by atomic mass is 16.5. The van der Waals surface area contributed by atoms with Gasteiger partial charge in [-0.15, -0.1) is 0 Å². The Balaban J connectivity index is 3.41. The minimum Gasteiger partial charge on any atom is -0.459 e. The summed E-state index contributed by atoms with van der Waals surface area (Å²) in [5.41, 5.74) is 0. The molecule has 0 aliphatic carbocycles. The number of unbranched alkanes of at least 4 members (excludes halogenated alkanes) is 3. The third kappa shape index (κ3) is 9.12. The van der Waals surface area contributed by atoms with Crippen LogP contribution in [0, 0.1) is 0 Å². The van der Waals surface area contributed by atoms with Crippen LogP contribution >= 0.6 is 0 Å². The fourth-order valence-electron chi connectivity index (χ4n) is 1.10. The summed E-state index contributed by atoms with van der Waals surface area (Å²) in [7, 11) is 0. The van der Waals surface area contributed by atoms with Crippen LogP contribution in [0.2, 0.25) is 0 Å². The van der Waals surface area contributed by atoms with E-state index in [1.165, 1.54) is 26.2 Å². The monoisotopic (exact) mass is 184 g/mol. The molecule has 0 radical (unpaired) electrons. The van der Waals surface area contributed by atoms with Crippen molar-refractivity contribution in [2.75, 3.05) is 0 Å². The summed E-state index contributed by atoms with van der Waals surface area (Å²) >= 11 is 0. The Morgan fingerprint density at radius 2 is 2.15 bits per heavy atom. The highest BCUT2D eigenvalue weighted by molar-refractivity contribution is 5.66. The number of ether oxygens (including phenoxy) is 1. The van der Waals surface area contributed by atoms with E-state index >= 15 is 0 Å². The quantitative estimate of drug-likeness (QED) is 0.360. The first kappa shape index (κ1) is 12.2.